The molecule has 0 aliphatic carbocycles. The Kier molecular flexibility index (Phi) is 3.88. The molecule has 78 valence electrons. The Bertz CT molecular complexity index is 367. The number of halogens is 1. The van der Waals surface area contributed by atoms with Crippen LogP contribution in [0.3, 0.4) is 0 Å². The average Bonchev–Trinajstić information content (AvgIpc) is 2.16. The first-order valence-corrected chi connectivity index (χ1v) is 5.16. The van der Waals surface area contributed by atoms with E-state index in [4.69, 9.17) is 26.0 Å². The molecular formula is C8H9ClO4S. The van der Waals surface area contributed by atoms with E-state index in [1.54, 1.807) is 0 Å². The zero-order valence-electron chi connectivity index (χ0n) is 7.36. The minimum Gasteiger partial charge on any atom is -0.495 e. The predicted octanol–water partition coefficient (Wildman–Crippen LogP) is 1.42. The molecule has 0 saturated carbocycles. The van der Waals surface area contributed by atoms with E-state index >= 15 is 0 Å². The Morgan fingerprint density at radius 1 is 1.57 bits per heavy atom. The third-order valence-electron chi connectivity index (χ3n) is 1.66. The monoisotopic (exact) mass is 236 g/mol. The van der Waals surface area contributed by atoms with Gasteiger partial charge in [-0.15, -0.1) is 0 Å². The van der Waals surface area contributed by atoms with Crippen LogP contribution in [0.4, 0.5) is 0 Å². The molecule has 1 rings (SSSR count). The number of ether oxygens (including phenoxy) is 1. The summed E-state index contributed by atoms with van der Waals surface area (Å²) >= 11 is 3.51. The summed E-state index contributed by atoms with van der Waals surface area (Å²) in [6.07, 6.45) is 0. The zero-order valence-corrected chi connectivity index (χ0v) is 8.93. The number of hydrogen-bond acceptors (Lipinski definition) is 3. The highest BCUT2D eigenvalue weighted by Crippen LogP contribution is 2.30. The van der Waals surface area contributed by atoms with Crippen LogP contribution >= 0.6 is 11.6 Å². The Balaban J connectivity index is 3.39. The number of methoxy groups -OCH3 is 1. The summed E-state index contributed by atoms with van der Waals surface area (Å²) in [6, 6.07) is 2.81. The lowest BCUT2D eigenvalue weighted by molar-refractivity contribution is 0.272. The van der Waals surface area contributed by atoms with Gasteiger partial charge in [-0.1, -0.05) is 11.6 Å². The summed E-state index contributed by atoms with van der Waals surface area (Å²) in [5.74, 6) is 0.192. The van der Waals surface area contributed by atoms with Gasteiger partial charge in [0.15, 0.2) is 11.1 Å². The number of benzene rings is 1. The van der Waals surface area contributed by atoms with E-state index in [-0.39, 0.29) is 22.3 Å². The van der Waals surface area contributed by atoms with Gasteiger partial charge < -0.3 is 14.4 Å². The Morgan fingerprint density at radius 3 is 2.64 bits per heavy atom. The SMILES string of the molecule is COc1c(CO)cc(Cl)cc1S(=O)O. The molecule has 0 radical (unpaired) electrons. The molecule has 0 saturated heterocycles. The van der Waals surface area contributed by atoms with E-state index in [1.165, 1.54) is 19.2 Å². The first kappa shape index (κ1) is 11.5. The van der Waals surface area contributed by atoms with Gasteiger partial charge in [0, 0.05) is 10.6 Å². The average molecular weight is 237 g/mol. The molecule has 0 fully saturated rings. The molecule has 0 bridgehead atoms. The smallest absolute Gasteiger partial charge is 0.190 e. The number of rotatable bonds is 3. The van der Waals surface area contributed by atoms with Gasteiger partial charge >= 0.3 is 0 Å². The third-order valence-corrected chi connectivity index (χ3v) is 2.56. The fraction of sp³-hybridized carbons (Fsp3) is 0.250. The Morgan fingerprint density at radius 2 is 2.21 bits per heavy atom. The molecule has 0 heterocycles. The van der Waals surface area contributed by atoms with Crippen LogP contribution in [-0.4, -0.2) is 21.0 Å². The van der Waals surface area contributed by atoms with Crippen LogP contribution < -0.4 is 4.74 Å². The van der Waals surface area contributed by atoms with Gasteiger partial charge in [0.05, 0.1) is 13.7 Å². The number of hydrogen-bond donors (Lipinski definition) is 2. The van der Waals surface area contributed by atoms with Crippen LogP contribution in [0.1, 0.15) is 5.56 Å². The fourth-order valence-corrected chi connectivity index (χ4v) is 2.01. The van der Waals surface area contributed by atoms with E-state index in [1.807, 2.05) is 0 Å². The maximum atomic E-state index is 10.9. The van der Waals surface area contributed by atoms with Crippen molar-refractivity contribution < 1.29 is 18.6 Å². The Hall–Kier alpha value is -0.620. The number of aliphatic hydroxyl groups is 1. The molecular weight excluding hydrogens is 228 g/mol. The van der Waals surface area contributed by atoms with Crippen molar-refractivity contribution in [2.45, 2.75) is 11.5 Å². The molecule has 2 N–H and O–H groups in total. The van der Waals surface area contributed by atoms with Crippen molar-refractivity contribution >= 4 is 22.7 Å². The van der Waals surface area contributed by atoms with Crippen molar-refractivity contribution in [1.82, 2.24) is 0 Å². The normalized spacial score (nSPS) is 12.6. The molecule has 0 aliphatic rings. The molecule has 14 heavy (non-hydrogen) atoms. The van der Waals surface area contributed by atoms with Crippen molar-refractivity contribution in [3.05, 3.63) is 22.7 Å². The van der Waals surface area contributed by atoms with Crippen molar-refractivity contribution in [2.75, 3.05) is 7.11 Å². The maximum Gasteiger partial charge on any atom is 0.190 e. The summed E-state index contributed by atoms with van der Waals surface area (Å²) in [6.45, 7) is -0.298. The Labute approximate surface area is 88.7 Å². The summed E-state index contributed by atoms with van der Waals surface area (Å²) < 4.78 is 24.7. The van der Waals surface area contributed by atoms with Crippen LogP contribution in [0.15, 0.2) is 17.0 Å². The van der Waals surface area contributed by atoms with Crippen molar-refractivity contribution in [2.24, 2.45) is 0 Å². The van der Waals surface area contributed by atoms with Gasteiger partial charge in [0.1, 0.15) is 10.6 Å². The van der Waals surface area contributed by atoms with E-state index in [0.29, 0.717) is 5.56 Å². The van der Waals surface area contributed by atoms with E-state index < -0.39 is 11.1 Å². The van der Waals surface area contributed by atoms with Gasteiger partial charge in [-0.2, -0.15) is 0 Å². The van der Waals surface area contributed by atoms with Crippen molar-refractivity contribution in [1.29, 1.82) is 0 Å². The quantitative estimate of drug-likeness (QED) is 0.779. The number of aliphatic hydroxyl groups excluding tert-OH is 1. The first-order valence-electron chi connectivity index (χ1n) is 3.68. The van der Waals surface area contributed by atoms with E-state index in [9.17, 15) is 4.21 Å². The largest absolute Gasteiger partial charge is 0.495 e. The predicted molar refractivity (Wildman–Crippen MR) is 53.0 cm³/mol. The molecule has 6 heteroatoms. The maximum absolute atomic E-state index is 10.9. The van der Waals surface area contributed by atoms with Crippen LogP contribution in [0.5, 0.6) is 5.75 Å². The second-order valence-corrected chi connectivity index (χ2v) is 3.88. The molecule has 1 aromatic rings. The van der Waals surface area contributed by atoms with Crippen LogP contribution in [0.2, 0.25) is 5.02 Å². The molecule has 1 aromatic carbocycles. The molecule has 4 nitrogen and oxygen atoms in total. The highest BCUT2D eigenvalue weighted by Gasteiger charge is 2.14. The van der Waals surface area contributed by atoms with Crippen LogP contribution in [0, 0.1) is 0 Å². The first-order chi connectivity index (χ1) is 6.60. The van der Waals surface area contributed by atoms with Crippen molar-refractivity contribution in [3.63, 3.8) is 0 Å². The summed E-state index contributed by atoms with van der Waals surface area (Å²) in [5, 5.41) is 9.25. The molecule has 1 atom stereocenters. The van der Waals surface area contributed by atoms with Crippen molar-refractivity contribution in [3.8, 4) is 5.75 Å². The molecule has 0 aliphatic heterocycles. The summed E-state index contributed by atoms with van der Waals surface area (Å²) in [5.41, 5.74) is 0.386. The molecule has 0 aromatic heterocycles. The standard InChI is InChI=1S/C8H9ClO4S/c1-13-8-5(4-10)2-6(9)3-7(8)14(11)12/h2-3,10H,4H2,1H3,(H,11,12). The summed E-state index contributed by atoms with van der Waals surface area (Å²) in [7, 11) is 1.36. The van der Waals surface area contributed by atoms with Crippen LogP contribution in [0.25, 0.3) is 0 Å². The topological polar surface area (TPSA) is 66.8 Å². The minimum atomic E-state index is -2.18. The van der Waals surface area contributed by atoms with Gasteiger partial charge in [0.25, 0.3) is 0 Å². The lowest BCUT2D eigenvalue weighted by Crippen LogP contribution is -1.99. The molecule has 1 unspecified atom stereocenters. The second kappa shape index (κ2) is 4.75. The van der Waals surface area contributed by atoms with Gasteiger partial charge in [-0.05, 0) is 12.1 Å². The van der Waals surface area contributed by atoms with Gasteiger partial charge in [0.2, 0.25) is 0 Å². The van der Waals surface area contributed by atoms with Gasteiger partial charge in [-0.25, -0.2) is 4.21 Å². The van der Waals surface area contributed by atoms with Crippen LogP contribution in [-0.2, 0) is 17.7 Å². The molecule has 0 spiro atoms. The summed E-state index contributed by atoms with van der Waals surface area (Å²) in [4.78, 5) is 0.0593. The lowest BCUT2D eigenvalue weighted by atomic mass is 10.2. The second-order valence-electron chi connectivity index (χ2n) is 2.50. The van der Waals surface area contributed by atoms with E-state index in [0.717, 1.165) is 0 Å². The highest BCUT2D eigenvalue weighted by molar-refractivity contribution is 7.79. The highest BCUT2D eigenvalue weighted by atomic mass is 35.5. The van der Waals surface area contributed by atoms with E-state index in [2.05, 4.69) is 0 Å². The lowest BCUT2D eigenvalue weighted by Gasteiger charge is -2.10. The third kappa shape index (κ3) is 2.24. The van der Waals surface area contributed by atoms with Gasteiger partial charge in [-0.3, -0.25) is 0 Å². The molecule has 0 amide bonds. The minimum absolute atomic E-state index is 0.0593. The zero-order chi connectivity index (χ0) is 10.7. The fourth-order valence-electron chi connectivity index (χ4n) is 1.10.